The van der Waals surface area contributed by atoms with E-state index in [2.05, 4.69) is 5.32 Å². The summed E-state index contributed by atoms with van der Waals surface area (Å²) in [5.74, 6) is 0.820. The van der Waals surface area contributed by atoms with E-state index >= 15 is 0 Å². The molecule has 4 unspecified atom stereocenters. The first-order valence-electron chi connectivity index (χ1n) is 8.18. The molecule has 0 aromatic rings. The first-order valence-corrected chi connectivity index (χ1v) is 8.18. The Morgan fingerprint density at radius 1 is 1.13 bits per heavy atom. The smallest absolute Gasteiger partial charge is 0.353 e. The second-order valence-corrected chi connectivity index (χ2v) is 7.11. The molecule has 0 aromatic heterocycles. The summed E-state index contributed by atoms with van der Waals surface area (Å²) in [4.78, 5) is 13.8. The predicted octanol–water partition coefficient (Wildman–Crippen LogP) is 1.92. The van der Waals surface area contributed by atoms with Crippen LogP contribution >= 0.6 is 12.4 Å². The average molecular weight is 356 g/mol. The minimum absolute atomic E-state index is 0. The number of alkyl halides is 3. The van der Waals surface area contributed by atoms with E-state index in [1.807, 2.05) is 0 Å². The van der Waals surface area contributed by atoms with Crippen LogP contribution in [0.25, 0.3) is 0 Å². The quantitative estimate of drug-likeness (QED) is 0.813. The van der Waals surface area contributed by atoms with Crippen LogP contribution in [0.1, 0.15) is 32.1 Å². The van der Waals surface area contributed by atoms with Crippen LogP contribution in [-0.4, -0.2) is 48.7 Å². The Morgan fingerprint density at radius 2 is 1.74 bits per heavy atom. The second-order valence-electron chi connectivity index (χ2n) is 7.11. The number of fused-ring (bicyclic) bond motifs is 2. The van der Waals surface area contributed by atoms with Crippen molar-refractivity contribution in [2.45, 2.75) is 50.4 Å². The molecule has 3 rings (SSSR count). The van der Waals surface area contributed by atoms with Gasteiger partial charge in [0.2, 0.25) is 5.91 Å². The van der Waals surface area contributed by atoms with Crippen molar-refractivity contribution >= 4 is 18.3 Å². The molecule has 4 nitrogen and oxygen atoms in total. The van der Waals surface area contributed by atoms with Crippen molar-refractivity contribution in [3.8, 4) is 0 Å². The van der Waals surface area contributed by atoms with Crippen LogP contribution in [-0.2, 0) is 4.79 Å². The van der Waals surface area contributed by atoms with Crippen molar-refractivity contribution in [2.75, 3.05) is 19.6 Å². The SMILES string of the molecule is Cl.NC1C2CCC(C2)C1C(=O)NC1CCN(CC(F)(F)F)CC1. The molecule has 1 amide bonds. The third-order valence-electron chi connectivity index (χ3n) is 5.62. The van der Waals surface area contributed by atoms with Crippen molar-refractivity contribution in [3.05, 3.63) is 0 Å². The van der Waals surface area contributed by atoms with Gasteiger partial charge in [0.15, 0.2) is 0 Å². The summed E-state index contributed by atoms with van der Waals surface area (Å²) in [6.45, 7) is -0.0919. The van der Waals surface area contributed by atoms with Gasteiger partial charge in [-0.2, -0.15) is 13.2 Å². The summed E-state index contributed by atoms with van der Waals surface area (Å²) in [6, 6.07) is -0.0487. The lowest BCUT2D eigenvalue weighted by molar-refractivity contribution is -0.148. The predicted molar refractivity (Wildman–Crippen MR) is 83.2 cm³/mol. The molecule has 2 aliphatic carbocycles. The number of likely N-dealkylation sites (tertiary alicyclic amines) is 1. The second kappa shape index (κ2) is 7.15. The van der Waals surface area contributed by atoms with Gasteiger partial charge in [0, 0.05) is 25.2 Å². The molecule has 3 N–H and O–H groups in total. The number of nitrogens with zero attached hydrogens (tertiary/aromatic N) is 1. The molecule has 0 radical (unpaired) electrons. The van der Waals surface area contributed by atoms with E-state index in [-0.39, 0.29) is 36.3 Å². The summed E-state index contributed by atoms with van der Waals surface area (Å²) >= 11 is 0. The third-order valence-corrected chi connectivity index (χ3v) is 5.62. The number of carbonyl (C=O) groups is 1. The maximum Gasteiger partial charge on any atom is 0.401 e. The number of piperidine rings is 1. The number of amides is 1. The van der Waals surface area contributed by atoms with Gasteiger partial charge in [-0.05, 0) is 43.9 Å². The normalized spacial score (nSPS) is 35.1. The lowest BCUT2D eigenvalue weighted by atomic mass is 9.84. The van der Waals surface area contributed by atoms with Crippen molar-refractivity contribution < 1.29 is 18.0 Å². The molecule has 8 heteroatoms. The Kier molecular flexibility index (Phi) is 5.85. The van der Waals surface area contributed by atoms with E-state index in [0.29, 0.717) is 37.8 Å². The molecule has 4 atom stereocenters. The third kappa shape index (κ3) is 4.31. The monoisotopic (exact) mass is 355 g/mol. The first-order chi connectivity index (χ1) is 10.3. The molecule has 0 spiro atoms. The molecular weight excluding hydrogens is 331 g/mol. The van der Waals surface area contributed by atoms with Crippen molar-refractivity contribution in [1.82, 2.24) is 10.2 Å². The molecular formula is C15H25ClF3N3O. The molecule has 3 fully saturated rings. The number of hydrogen-bond donors (Lipinski definition) is 2. The number of nitrogens with one attached hydrogen (secondary N) is 1. The van der Waals surface area contributed by atoms with Crippen LogP contribution in [0.4, 0.5) is 13.2 Å². The van der Waals surface area contributed by atoms with Gasteiger partial charge in [0.1, 0.15) is 0 Å². The minimum Gasteiger partial charge on any atom is -0.353 e. The highest BCUT2D eigenvalue weighted by atomic mass is 35.5. The maximum atomic E-state index is 12.4. The highest BCUT2D eigenvalue weighted by Gasteiger charge is 2.49. The Morgan fingerprint density at radius 3 is 2.26 bits per heavy atom. The van der Waals surface area contributed by atoms with Crippen molar-refractivity contribution in [1.29, 1.82) is 0 Å². The van der Waals surface area contributed by atoms with E-state index in [4.69, 9.17) is 5.73 Å². The molecule has 1 aliphatic heterocycles. The zero-order valence-electron chi connectivity index (χ0n) is 13.0. The van der Waals surface area contributed by atoms with Crippen molar-refractivity contribution in [3.63, 3.8) is 0 Å². The van der Waals surface area contributed by atoms with Crippen LogP contribution in [0.5, 0.6) is 0 Å². The molecule has 1 saturated heterocycles. The van der Waals surface area contributed by atoms with Gasteiger partial charge >= 0.3 is 6.18 Å². The number of halogens is 4. The molecule has 134 valence electrons. The van der Waals surface area contributed by atoms with Crippen LogP contribution < -0.4 is 11.1 Å². The van der Waals surface area contributed by atoms with E-state index in [9.17, 15) is 18.0 Å². The van der Waals surface area contributed by atoms with Gasteiger partial charge in [-0.3, -0.25) is 9.69 Å². The fourth-order valence-electron chi connectivity index (χ4n) is 4.51. The highest BCUT2D eigenvalue weighted by molar-refractivity contribution is 5.85. The fraction of sp³-hybridized carbons (Fsp3) is 0.933. The van der Waals surface area contributed by atoms with Crippen molar-refractivity contribution in [2.24, 2.45) is 23.5 Å². The number of nitrogens with two attached hydrogens (primary N) is 1. The Balaban J connectivity index is 0.00000192. The van der Waals surface area contributed by atoms with Crippen LogP contribution in [0, 0.1) is 17.8 Å². The molecule has 23 heavy (non-hydrogen) atoms. The van der Waals surface area contributed by atoms with Crippen LogP contribution in [0.3, 0.4) is 0 Å². The lowest BCUT2D eigenvalue weighted by Gasteiger charge is -2.34. The average Bonchev–Trinajstić information content (AvgIpc) is 3.00. The molecule has 2 bridgehead atoms. The van der Waals surface area contributed by atoms with Gasteiger partial charge in [0.25, 0.3) is 0 Å². The molecule has 1 heterocycles. The Bertz CT molecular complexity index is 425. The molecule has 0 aromatic carbocycles. The van der Waals surface area contributed by atoms with Gasteiger partial charge in [-0.25, -0.2) is 0 Å². The van der Waals surface area contributed by atoms with E-state index in [1.165, 1.54) is 4.90 Å². The summed E-state index contributed by atoms with van der Waals surface area (Å²) in [7, 11) is 0. The van der Waals surface area contributed by atoms with Gasteiger partial charge in [0.05, 0.1) is 12.5 Å². The topological polar surface area (TPSA) is 58.4 Å². The van der Waals surface area contributed by atoms with E-state index in [0.717, 1.165) is 19.3 Å². The molecule has 2 saturated carbocycles. The maximum absolute atomic E-state index is 12.4. The van der Waals surface area contributed by atoms with E-state index in [1.54, 1.807) is 0 Å². The lowest BCUT2D eigenvalue weighted by Crippen LogP contribution is -2.51. The van der Waals surface area contributed by atoms with Crippen LogP contribution in [0.15, 0.2) is 0 Å². The van der Waals surface area contributed by atoms with Gasteiger partial charge in [-0.1, -0.05) is 0 Å². The minimum atomic E-state index is -4.15. The summed E-state index contributed by atoms with van der Waals surface area (Å²) < 4.78 is 37.1. The fourth-order valence-corrected chi connectivity index (χ4v) is 4.51. The van der Waals surface area contributed by atoms with Crippen LogP contribution in [0.2, 0.25) is 0 Å². The Hall–Kier alpha value is -0.530. The van der Waals surface area contributed by atoms with E-state index < -0.39 is 12.7 Å². The highest BCUT2D eigenvalue weighted by Crippen LogP contribution is 2.47. The number of rotatable bonds is 3. The molecule has 3 aliphatic rings. The number of hydrogen-bond acceptors (Lipinski definition) is 3. The zero-order valence-corrected chi connectivity index (χ0v) is 13.8. The summed E-state index contributed by atoms with van der Waals surface area (Å²) in [5, 5.41) is 3.03. The van der Waals surface area contributed by atoms with Gasteiger partial charge < -0.3 is 11.1 Å². The summed E-state index contributed by atoms with van der Waals surface area (Å²) in [6.07, 6.45) is 0.289. The first kappa shape index (κ1) is 18.8. The Labute approximate surface area is 140 Å². The standard InChI is InChI=1S/C15H24F3N3O.ClH/c16-15(17,18)8-21-5-3-11(4-6-21)20-14(22)12-9-1-2-10(7-9)13(12)19;/h9-13H,1-8,19H2,(H,20,22);1H. The van der Waals surface area contributed by atoms with Gasteiger partial charge in [-0.15, -0.1) is 12.4 Å². The zero-order chi connectivity index (χ0) is 15.9. The number of carbonyl (C=O) groups excluding carboxylic acids is 1. The summed E-state index contributed by atoms with van der Waals surface area (Å²) in [5.41, 5.74) is 6.17. The largest absolute Gasteiger partial charge is 0.401 e.